The quantitative estimate of drug-likeness (QED) is 0.820. The summed E-state index contributed by atoms with van der Waals surface area (Å²) in [5, 5.41) is 3.04. The molecule has 0 aliphatic heterocycles. The molecule has 0 radical (unpaired) electrons. The molecule has 2 rings (SSSR count). The SMILES string of the molecule is COC1CC(NC(=O)c2ccccc2CCN)C1. The van der Waals surface area contributed by atoms with Crippen molar-refractivity contribution in [1.82, 2.24) is 5.32 Å². The van der Waals surface area contributed by atoms with Crippen molar-refractivity contribution in [3.8, 4) is 0 Å². The van der Waals surface area contributed by atoms with Crippen LogP contribution in [0.3, 0.4) is 0 Å². The number of carbonyl (C=O) groups is 1. The summed E-state index contributed by atoms with van der Waals surface area (Å²) in [6.45, 7) is 0.555. The average Bonchev–Trinajstić information content (AvgIpc) is 2.34. The molecule has 0 unspecified atom stereocenters. The van der Waals surface area contributed by atoms with Gasteiger partial charge in [0.25, 0.3) is 5.91 Å². The number of nitrogens with one attached hydrogen (secondary N) is 1. The van der Waals surface area contributed by atoms with Crippen LogP contribution in [0.5, 0.6) is 0 Å². The topological polar surface area (TPSA) is 64.3 Å². The number of benzene rings is 1. The third-order valence-electron chi connectivity index (χ3n) is 3.44. The number of methoxy groups -OCH3 is 1. The normalized spacial score (nSPS) is 22.3. The predicted octanol–water partition coefficient (Wildman–Crippen LogP) is 1.09. The molecule has 0 aromatic heterocycles. The molecule has 4 nitrogen and oxygen atoms in total. The largest absolute Gasteiger partial charge is 0.381 e. The molecule has 98 valence electrons. The summed E-state index contributed by atoms with van der Waals surface area (Å²) >= 11 is 0. The Balaban J connectivity index is 1.96. The lowest BCUT2D eigenvalue weighted by Gasteiger charge is -2.34. The van der Waals surface area contributed by atoms with Crippen LogP contribution in [0, 0.1) is 0 Å². The van der Waals surface area contributed by atoms with Crippen molar-refractivity contribution in [1.29, 1.82) is 0 Å². The molecule has 1 aliphatic carbocycles. The first kappa shape index (κ1) is 13.1. The second kappa shape index (κ2) is 5.98. The second-order valence-electron chi connectivity index (χ2n) is 4.70. The van der Waals surface area contributed by atoms with Crippen molar-refractivity contribution < 1.29 is 9.53 Å². The van der Waals surface area contributed by atoms with Crippen molar-refractivity contribution in [3.63, 3.8) is 0 Å². The van der Waals surface area contributed by atoms with Crippen molar-refractivity contribution in [2.24, 2.45) is 5.73 Å². The number of hydrogen-bond donors (Lipinski definition) is 2. The first-order valence-electron chi connectivity index (χ1n) is 6.36. The predicted molar refractivity (Wildman–Crippen MR) is 70.5 cm³/mol. The smallest absolute Gasteiger partial charge is 0.251 e. The van der Waals surface area contributed by atoms with Crippen LogP contribution >= 0.6 is 0 Å². The summed E-state index contributed by atoms with van der Waals surface area (Å²) in [6, 6.07) is 7.88. The highest BCUT2D eigenvalue weighted by Crippen LogP contribution is 2.23. The number of amides is 1. The Labute approximate surface area is 108 Å². The molecule has 1 fully saturated rings. The first-order chi connectivity index (χ1) is 8.74. The van der Waals surface area contributed by atoms with Crippen molar-refractivity contribution >= 4 is 5.91 Å². The van der Waals surface area contributed by atoms with Crippen LogP contribution < -0.4 is 11.1 Å². The van der Waals surface area contributed by atoms with Crippen LogP contribution in [-0.4, -0.2) is 31.7 Å². The summed E-state index contributed by atoms with van der Waals surface area (Å²) in [4.78, 5) is 12.1. The van der Waals surface area contributed by atoms with Gasteiger partial charge in [-0.1, -0.05) is 18.2 Å². The minimum atomic E-state index is -0.00129. The van der Waals surface area contributed by atoms with E-state index in [1.807, 2.05) is 24.3 Å². The number of carbonyl (C=O) groups excluding carboxylic acids is 1. The third kappa shape index (κ3) is 2.89. The van der Waals surface area contributed by atoms with Crippen LogP contribution in [0.25, 0.3) is 0 Å². The Hall–Kier alpha value is -1.39. The van der Waals surface area contributed by atoms with Crippen molar-refractivity contribution in [3.05, 3.63) is 35.4 Å². The monoisotopic (exact) mass is 248 g/mol. The van der Waals surface area contributed by atoms with Crippen LogP contribution in [0.4, 0.5) is 0 Å². The molecule has 1 aromatic rings. The molecule has 4 heteroatoms. The average molecular weight is 248 g/mol. The lowest BCUT2D eigenvalue weighted by molar-refractivity contribution is 0.0176. The third-order valence-corrected chi connectivity index (χ3v) is 3.44. The van der Waals surface area contributed by atoms with Gasteiger partial charge in [0.15, 0.2) is 0 Å². The molecule has 18 heavy (non-hydrogen) atoms. The Morgan fingerprint density at radius 3 is 2.83 bits per heavy atom. The molecular formula is C14H20N2O2. The molecule has 0 atom stereocenters. The van der Waals surface area contributed by atoms with Gasteiger partial charge in [-0.25, -0.2) is 0 Å². The first-order valence-corrected chi connectivity index (χ1v) is 6.36. The Kier molecular flexibility index (Phi) is 4.33. The Morgan fingerprint density at radius 1 is 1.44 bits per heavy atom. The molecule has 0 heterocycles. The summed E-state index contributed by atoms with van der Waals surface area (Å²) in [6.07, 6.45) is 2.84. The van der Waals surface area contributed by atoms with E-state index in [0.717, 1.165) is 30.4 Å². The fraction of sp³-hybridized carbons (Fsp3) is 0.500. The van der Waals surface area contributed by atoms with Crippen LogP contribution in [0.15, 0.2) is 24.3 Å². The molecule has 0 bridgehead atoms. The fourth-order valence-corrected chi connectivity index (χ4v) is 2.25. The standard InChI is InChI=1S/C14H20N2O2/c1-18-12-8-11(9-12)16-14(17)13-5-3-2-4-10(13)6-7-15/h2-5,11-12H,6-9,15H2,1H3,(H,16,17). The second-order valence-corrected chi connectivity index (χ2v) is 4.70. The molecule has 3 N–H and O–H groups in total. The fourth-order valence-electron chi connectivity index (χ4n) is 2.25. The van der Waals surface area contributed by atoms with Gasteiger partial charge in [-0.15, -0.1) is 0 Å². The van der Waals surface area contributed by atoms with E-state index in [1.165, 1.54) is 0 Å². The summed E-state index contributed by atoms with van der Waals surface area (Å²) in [5.41, 5.74) is 7.31. The molecular weight excluding hydrogens is 228 g/mol. The van der Waals surface area contributed by atoms with Crippen LogP contribution in [0.2, 0.25) is 0 Å². The van der Waals surface area contributed by atoms with E-state index in [4.69, 9.17) is 10.5 Å². The van der Waals surface area contributed by atoms with E-state index < -0.39 is 0 Å². The van der Waals surface area contributed by atoms with Gasteiger partial charge in [-0.3, -0.25) is 4.79 Å². The van der Waals surface area contributed by atoms with E-state index in [0.29, 0.717) is 12.6 Å². The summed E-state index contributed by atoms with van der Waals surface area (Å²) < 4.78 is 5.20. The molecule has 1 aromatic carbocycles. The molecule has 1 amide bonds. The lowest BCUT2D eigenvalue weighted by Crippen LogP contribution is -2.47. The number of hydrogen-bond acceptors (Lipinski definition) is 3. The minimum absolute atomic E-state index is 0.00129. The zero-order chi connectivity index (χ0) is 13.0. The van der Waals surface area contributed by atoms with Gasteiger partial charge in [0.05, 0.1) is 6.10 Å². The van der Waals surface area contributed by atoms with Gasteiger partial charge in [0, 0.05) is 18.7 Å². The molecule has 1 aliphatic rings. The van der Waals surface area contributed by atoms with Gasteiger partial charge in [0.2, 0.25) is 0 Å². The number of rotatable bonds is 5. The zero-order valence-electron chi connectivity index (χ0n) is 10.7. The van der Waals surface area contributed by atoms with E-state index in [-0.39, 0.29) is 11.9 Å². The summed E-state index contributed by atoms with van der Waals surface area (Å²) in [7, 11) is 1.71. The van der Waals surface area contributed by atoms with Gasteiger partial charge in [-0.2, -0.15) is 0 Å². The molecule has 1 saturated carbocycles. The highest BCUT2D eigenvalue weighted by atomic mass is 16.5. The van der Waals surface area contributed by atoms with Gasteiger partial charge >= 0.3 is 0 Å². The maximum absolute atomic E-state index is 12.1. The van der Waals surface area contributed by atoms with Gasteiger partial charge in [0.1, 0.15) is 0 Å². The van der Waals surface area contributed by atoms with Crippen molar-refractivity contribution in [2.45, 2.75) is 31.4 Å². The maximum Gasteiger partial charge on any atom is 0.251 e. The van der Waals surface area contributed by atoms with E-state index in [1.54, 1.807) is 7.11 Å². The van der Waals surface area contributed by atoms with E-state index in [2.05, 4.69) is 5.32 Å². The van der Waals surface area contributed by atoms with E-state index in [9.17, 15) is 4.79 Å². The van der Waals surface area contributed by atoms with Gasteiger partial charge in [-0.05, 0) is 37.4 Å². The van der Waals surface area contributed by atoms with Crippen molar-refractivity contribution in [2.75, 3.05) is 13.7 Å². The molecule has 0 saturated heterocycles. The number of nitrogens with two attached hydrogens (primary N) is 1. The maximum atomic E-state index is 12.1. The Bertz CT molecular complexity index is 414. The Morgan fingerprint density at radius 2 is 2.17 bits per heavy atom. The van der Waals surface area contributed by atoms with Crippen LogP contribution in [0.1, 0.15) is 28.8 Å². The van der Waals surface area contributed by atoms with E-state index >= 15 is 0 Å². The zero-order valence-corrected chi connectivity index (χ0v) is 10.7. The summed E-state index contributed by atoms with van der Waals surface area (Å²) in [5.74, 6) is -0.00129. The minimum Gasteiger partial charge on any atom is -0.381 e. The highest BCUT2D eigenvalue weighted by Gasteiger charge is 2.30. The van der Waals surface area contributed by atoms with Gasteiger partial charge < -0.3 is 15.8 Å². The number of ether oxygens (including phenoxy) is 1. The van der Waals surface area contributed by atoms with Crippen LogP contribution in [-0.2, 0) is 11.2 Å². The lowest BCUT2D eigenvalue weighted by atomic mass is 9.89. The highest BCUT2D eigenvalue weighted by molar-refractivity contribution is 5.95. The molecule has 0 spiro atoms.